The van der Waals surface area contributed by atoms with Gasteiger partial charge in [0, 0.05) is 31.9 Å². The molecule has 1 saturated carbocycles. The van der Waals surface area contributed by atoms with Gasteiger partial charge in [-0.2, -0.15) is 8.78 Å². The molecule has 1 aliphatic carbocycles. The molecule has 0 radical (unpaired) electrons. The Bertz CT molecular complexity index is 1690. The fourth-order valence-electron chi connectivity index (χ4n) is 5.48. The molecule has 5 rings (SSSR count). The van der Waals surface area contributed by atoms with Gasteiger partial charge in [-0.25, -0.2) is 13.2 Å². The van der Waals surface area contributed by atoms with Gasteiger partial charge in [0.15, 0.2) is 11.5 Å². The number of alkyl halides is 2. The maximum atomic E-state index is 13.8. The number of sulfonamides is 1. The van der Waals surface area contributed by atoms with Gasteiger partial charge in [0.25, 0.3) is 0 Å². The van der Waals surface area contributed by atoms with Crippen molar-refractivity contribution in [2.24, 2.45) is 5.92 Å². The molecule has 3 aromatic rings. The van der Waals surface area contributed by atoms with Crippen LogP contribution in [0, 0.1) is 5.92 Å². The first kappa shape index (κ1) is 35.9. The highest BCUT2D eigenvalue weighted by Crippen LogP contribution is 2.39. The first-order valence-electron chi connectivity index (χ1n) is 15.5. The Hall–Kier alpha value is -3.39. The summed E-state index contributed by atoms with van der Waals surface area (Å²) >= 11 is 12.9. The highest BCUT2D eigenvalue weighted by Gasteiger charge is 2.28. The Kier molecular flexibility index (Phi) is 11.9. The van der Waals surface area contributed by atoms with Crippen LogP contribution in [0.3, 0.4) is 0 Å². The van der Waals surface area contributed by atoms with Crippen molar-refractivity contribution < 1.29 is 40.9 Å². The summed E-state index contributed by atoms with van der Waals surface area (Å²) in [6.45, 7) is -0.317. The maximum absolute atomic E-state index is 13.8. The number of anilines is 1. The lowest BCUT2D eigenvalue weighted by Gasteiger charge is -2.27. The second-order valence-electron chi connectivity index (χ2n) is 11.8. The maximum Gasteiger partial charge on any atom is 0.387 e. The molecule has 0 amide bonds. The topological polar surface area (TPSA) is 108 Å². The van der Waals surface area contributed by atoms with Crippen molar-refractivity contribution in [1.82, 2.24) is 9.88 Å². The van der Waals surface area contributed by atoms with Crippen molar-refractivity contribution in [2.75, 3.05) is 50.5 Å². The molecule has 0 N–H and O–H groups in total. The zero-order valence-electron chi connectivity index (χ0n) is 26.5. The molecule has 1 saturated heterocycles. The van der Waals surface area contributed by atoms with Crippen LogP contribution in [0.15, 0.2) is 48.8 Å². The van der Waals surface area contributed by atoms with E-state index in [9.17, 15) is 22.0 Å². The van der Waals surface area contributed by atoms with Gasteiger partial charge in [-0.3, -0.25) is 9.29 Å². The van der Waals surface area contributed by atoms with Crippen molar-refractivity contribution in [3.8, 4) is 17.2 Å². The van der Waals surface area contributed by atoms with Gasteiger partial charge in [0.2, 0.25) is 10.0 Å². The van der Waals surface area contributed by atoms with E-state index in [0.29, 0.717) is 30.2 Å². The summed E-state index contributed by atoms with van der Waals surface area (Å²) in [5.41, 5.74) is 1.09. The van der Waals surface area contributed by atoms with Crippen molar-refractivity contribution in [3.05, 3.63) is 75.5 Å². The second kappa shape index (κ2) is 15.9. The molecule has 1 aliphatic heterocycles. The highest BCUT2D eigenvalue weighted by molar-refractivity contribution is 7.92. The van der Waals surface area contributed by atoms with Crippen LogP contribution in [-0.2, 0) is 21.2 Å². The molecule has 2 aliphatic rings. The molecular formula is C33H37Cl2F2N3O7S. The number of likely N-dealkylation sites (tertiary alicyclic amines) is 1. The average molecular weight is 729 g/mol. The third kappa shape index (κ3) is 9.40. The number of pyridine rings is 1. The predicted octanol–water partition coefficient (Wildman–Crippen LogP) is 6.79. The molecule has 48 heavy (non-hydrogen) atoms. The van der Waals surface area contributed by atoms with Crippen LogP contribution in [0.2, 0.25) is 10.0 Å². The zero-order chi connectivity index (χ0) is 34.4. The molecule has 15 heteroatoms. The number of halogens is 4. The quantitative estimate of drug-likeness (QED) is 0.148. The molecule has 0 bridgehead atoms. The van der Waals surface area contributed by atoms with Crippen molar-refractivity contribution in [1.29, 1.82) is 0 Å². The summed E-state index contributed by atoms with van der Waals surface area (Å²) in [5, 5.41) is 0.472. The molecule has 1 atom stereocenters. The van der Waals surface area contributed by atoms with E-state index in [1.165, 1.54) is 60.2 Å². The summed E-state index contributed by atoms with van der Waals surface area (Å²) in [4.78, 5) is 20.0. The molecule has 0 unspecified atom stereocenters. The molecule has 10 nitrogen and oxygen atoms in total. The number of nitrogens with zero attached hydrogens (tertiary/aromatic N) is 3. The summed E-state index contributed by atoms with van der Waals surface area (Å²) in [5.74, 6) is -0.290. The van der Waals surface area contributed by atoms with E-state index in [1.807, 2.05) is 0 Å². The Balaban J connectivity index is 1.48. The zero-order valence-corrected chi connectivity index (χ0v) is 28.9. The SMILES string of the molecule is COc1ccc(C(=O)O[C@@H](Cc2c(Cl)cncc2Cl)c2ccc(OC(F)F)c(OCC3CC3)c2)cc1N(CCN1CCCC1)S(C)(=O)=O. The number of hydrogen-bond donors (Lipinski definition) is 0. The smallest absolute Gasteiger partial charge is 0.387 e. The lowest BCUT2D eigenvalue weighted by atomic mass is 10.0. The molecule has 2 aromatic carbocycles. The van der Waals surface area contributed by atoms with Crippen molar-refractivity contribution >= 4 is 44.9 Å². The lowest BCUT2D eigenvalue weighted by Crippen LogP contribution is -2.37. The number of benzene rings is 2. The summed E-state index contributed by atoms with van der Waals surface area (Å²) in [7, 11) is -2.35. The minimum atomic E-state index is -3.77. The molecule has 2 fully saturated rings. The first-order valence-corrected chi connectivity index (χ1v) is 18.1. The standard InChI is InChI=1S/C33H37Cl2F2N3O7S/c1-44-28-9-8-23(15-27(28)40(48(2,42)43)14-13-39-11-3-4-12-39)32(41)46-30(17-24-25(34)18-38-19-26(24)35)22-7-10-29(47-33(36)37)31(16-22)45-20-21-5-6-21/h7-10,15-16,18-19,21,30,33H,3-6,11-14,17,20H2,1-2H3/t30-/m0/s1. The summed E-state index contributed by atoms with van der Waals surface area (Å²) in [6, 6.07) is 8.70. The van der Waals surface area contributed by atoms with E-state index in [2.05, 4.69) is 9.88 Å². The van der Waals surface area contributed by atoms with E-state index >= 15 is 0 Å². The van der Waals surface area contributed by atoms with Crippen LogP contribution < -0.4 is 18.5 Å². The van der Waals surface area contributed by atoms with Crippen LogP contribution in [0.4, 0.5) is 14.5 Å². The molecule has 1 aromatic heterocycles. The van der Waals surface area contributed by atoms with Crippen molar-refractivity contribution in [3.63, 3.8) is 0 Å². The molecule has 0 spiro atoms. The van der Waals surface area contributed by atoms with E-state index < -0.39 is 28.7 Å². The Morgan fingerprint density at radius 2 is 1.73 bits per heavy atom. The lowest BCUT2D eigenvalue weighted by molar-refractivity contribution is -0.0515. The monoisotopic (exact) mass is 727 g/mol. The number of rotatable bonds is 16. The summed E-state index contributed by atoms with van der Waals surface area (Å²) < 4.78 is 75.7. The number of carbonyl (C=O) groups excluding carboxylic acids is 1. The number of ether oxygens (including phenoxy) is 4. The number of aromatic nitrogens is 1. The van der Waals surface area contributed by atoms with Gasteiger partial charge in [-0.1, -0.05) is 29.3 Å². The molecular weight excluding hydrogens is 691 g/mol. The number of hydrogen-bond acceptors (Lipinski definition) is 9. The fourth-order valence-corrected chi connectivity index (χ4v) is 6.91. The largest absolute Gasteiger partial charge is 0.495 e. The number of methoxy groups -OCH3 is 1. The minimum Gasteiger partial charge on any atom is -0.495 e. The van der Waals surface area contributed by atoms with Crippen LogP contribution >= 0.6 is 23.2 Å². The number of esters is 1. The van der Waals surface area contributed by atoms with Crippen LogP contribution in [-0.4, -0.2) is 77.0 Å². The third-order valence-corrected chi connectivity index (χ3v) is 10.1. The molecule has 2 heterocycles. The fraction of sp³-hybridized carbons (Fsp3) is 0.455. The minimum absolute atomic E-state index is 0.00263. The van der Waals surface area contributed by atoms with E-state index in [0.717, 1.165) is 45.0 Å². The van der Waals surface area contributed by atoms with Crippen molar-refractivity contribution in [2.45, 2.75) is 44.8 Å². The van der Waals surface area contributed by atoms with Gasteiger partial charge in [-0.15, -0.1) is 0 Å². The predicted molar refractivity (Wildman–Crippen MR) is 178 cm³/mol. The van der Waals surface area contributed by atoms with Gasteiger partial charge in [0.1, 0.15) is 11.9 Å². The Morgan fingerprint density at radius 3 is 2.35 bits per heavy atom. The average Bonchev–Trinajstić information content (AvgIpc) is 3.73. The van der Waals surface area contributed by atoms with Gasteiger partial charge in [-0.05, 0) is 86.1 Å². The van der Waals surface area contributed by atoms with Crippen LogP contribution in [0.5, 0.6) is 17.2 Å². The first-order chi connectivity index (χ1) is 22.9. The van der Waals surface area contributed by atoms with Gasteiger partial charge < -0.3 is 23.8 Å². The summed E-state index contributed by atoms with van der Waals surface area (Å²) in [6.07, 6.45) is 6.93. The third-order valence-electron chi connectivity index (χ3n) is 8.22. The molecule has 260 valence electrons. The van der Waals surface area contributed by atoms with E-state index in [4.69, 9.17) is 42.1 Å². The second-order valence-corrected chi connectivity index (χ2v) is 14.5. The van der Waals surface area contributed by atoms with Gasteiger partial charge >= 0.3 is 12.6 Å². The van der Waals surface area contributed by atoms with E-state index in [-0.39, 0.29) is 51.5 Å². The normalized spacial score (nSPS) is 15.7. The highest BCUT2D eigenvalue weighted by atomic mass is 35.5. The van der Waals surface area contributed by atoms with E-state index in [1.54, 1.807) is 0 Å². The Morgan fingerprint density at radius 1 is 1.04 bits per heavy atom. The van der Waals surface area contributed by atoms with Crippen LogP contribution in [0.1, 0.15) is 53.3 Å². The Labute approximate surface area is 288 Å². The van der Waals surface area contributed by atoms with Gasteiger partial charge in [0.05, 0.1) is 41.3 Å². The van der Waals surface area contributed by atoms with Crippen LogP contribution in [0.25, 0.3) is 0 Å². The number of carbonyl (C=O) groups is 1.